The Hall–Kier alpha value is -0.730. The summed E-state index contributed by atoms with van der Waals surface area (Å²) in [4.78, 5) is 0. The normalized spacial score (nSPS) is 24.6. The van der Waals surface area contributed by atoms with Crippen molar-refractivity contribution in [1.29, 1.82) is 0 Å². The lowest BCUT2D eigenvalue weighted by Crippen LogP contribution is -2.58. The highest BCUT2D eigenvalue weighted by Gasteiger charge is 2.49. The van der Waals surface area contributed by atoms with Crippen molar-refractivity contribution in [3.63, 3.8) is 0 Å². The molecule has 2 atom stereocenters. The van der Waals surface area contributed by atoms with Crippen LogP contribution in [-0.4, -0.2) is 18.8 Å². The van der Waals surface area contributed by atoms with E-state index in [1.807, 2.05) is 13.0 Å². The maximum absolute atomic E-state index is 6.18. The summed E-state index contributed by atoms with van der Waals surface area (Å²) in [5, 5.41) is 4.41. The highest BCUT2D eigenvalue weighted by Crippen LogP contribution is 2.44. The summed E-state index contributed by atoms with van der Waals surface area (Å²) in [6.07, 6.45) is 1.41. The van der Waals surface area contributed by atoms with Crippen LogP contribution in [-0.2, 0) is 4.74 Å². The third-order valence-electron chi connectivity index (χ3n) is 4.32. The zero-order chi connectivity index (χ0) is 14.9. The Morgan fingerprint density at radius 3 is 2.65 bits per heavy atom. The number of nitrogens with one attached hydrogen (secondary N) is 1. The van der Waals surface area contributed by atoms with Crippen LogP contribution in [0.5, 0.6) is 0 Å². The highest BCUT2D eigenvalue weighted by molar-refractivity contribution is 6.31. The van der Waals surface area contributed by atoms with E-state index in [9.17, 15) is 0 Å². The van der Waals surface area contributed by atoms with Gasteiger partial charge in [-0.05, 0) is 37.0 Å². The van der Waals surface area contributed by atoms with Gasteiger partial charge in [-0.3, -0.25) is 0 Å². The van der Waals surface area contributed by atoms with Gasteiger partial charge in [0.05, 0.1) is 6.10 Å². The minimum Gasteiger partial charge on any atom is -0.382 e. The smallest absolute Gasteiger partial charge is 0.0665 e. The first-order chi connectivity index (χ1) is 9.30. The van der Waals surface area contributed by atoms with Crippen molar-refractivity contribution in [1.82, 2.24) is 0 Å². The number of anilines is 1. The van der Waals surface area contributed by atoms with E-state index in [1.54, 1.807) is 0 Å². The second-order valence-electron chi connectivity index (χ2n) is 6.93. The number of halogens is 1. The number of benzene rings is 1. The average Bonchev–Trinajstić information content (AvgIpc) is 2.36. The van der Waals surface area contributed by atoms with E-state index < -0.39 is 0 Å². The molecular formula is C17H26ClNO. The number of aryl methyl sites for hydroxylation is 1. The first-order valence-electron chi connectivity index (χ1n) is 7.45. The molecule has 1 aromatic rings. The van der Waals surface area contributed by atoms with Crippen molar-refractivity contribution in [3.05, 3.63) is 28.8 Å². The summed E-state index contributed by atoms with van der Waals surface area (Å²) < 4.78 is 6.00. The molecule has 0 heterocycles. The van der Waals surface area contributed by atoms with Gasteiger partial charge in [0, 0.05) is 28.8 Å². The van der Waals surface area contributed by atoms with Crippen LogP contribution in [0.15, 0.2) is 18.2 Å². The van der Waals surface area contributed by atoms with Gasteiger partial charge >= 0.3 is 0 Å². The van der Waals surface area contributed by atoms with Gasteiger partial charge in [0.2, 0.25) is 0 Å². The van der Waals surface area contributed by atoms with Gasteiger partial charge in [0.15, 0.2) is 0 Å². The summed E-state index contributed by atoms with van der Waals surface area (Å²) in [6, 6.07) is 6.61. The maximum atomic E-state index is 6.18. The Kier molecular flexibility index (Phi) is 4.66. The van der Waals surface area contributed by atoms with Crippen LogP contribution in [0.1, 0.15) is 39.7 Å². The van der Waals surface area contributed by atoms with Crippen LogP contribution < -0.4 is 5.32 Å². The first kappa shape index (κ1) is 15.7. The zero-order valence-electron chi connectivity index (χ0n) is 13.2. The van der Waals surface area contributed by atoms with Crippen LogP contribution in [0, 0.1) is 18.3 Å². The molecule has 1 aromatic carbocycles. The molecule has 2 nitrogen and oxygen atoms in total. The van der Waals surface area contributed by atoms with Crippen molar-refractivity contribution < 1.29 is 4.74 Å². The molecule has 0 saturated heterocycles. The summed E-state index contributed by atoms with van der Waals surface area (Å²) in [6.45, 7) is 11.8. The topological polar surface area (TPSA) is 21.3 Å². The minimum atomic E-state index is 0.159. The molecule has 0 amide bonds. The zero-order valence-corrected chi connectivity index (χ0v) is 13.9. The molecule has 0 radical (unpaired) electrons. The van der Waals surface area contributed by atoms with Crippen LogP contribution in [0.4, 0.5) is 5.69 Å². The van der Waals surface area contributed by atoms with E-state index in [0.29, 0.717) is 18.1 Å². The third kappa shape index (κ3) is 3.29. The molecular weight excluding hydrogens is 270 g/mol. The van der Waals surface area contributed by atoms with Gasteiger partial charge in [0.1, 0.15) is 0 Å². The van der Waals surface area contributed by atoms with Gasteiger partial charge in [0.25, 0.3) is 0 Å². The van der Waals surface area contributed by atoms with Crippen molar-refractivity contribution in [2.24, 2.45) is 11.3 Å². The molecule has 0 aromatic heterocycles. The first-order valence-corrected chi connectivity index (χ1v) is 7.82. The molecule has 1 N–H and O–H groups in total. The van der Waals surface area contributed by atoms with Crippen molar-refractivity contribution in [2.45, 2.75) is 53.2 Å². The summed E-state index contributed by atoms with van der Waals surface area (Å²) >= 11 is 6.18. The molecule has 0 aliphatic heterocycles. The largest absolute Gasteiger partial charge is 0.382 e. The molecule has 2 unspecified atom stereocenters. The number of rotatable bonds is 5. The Balaban J connectivity index is 1.93. The molecule has 0 spiro atoms. The van der Waals surface area contributed by atoms with Crippen molar-refractivity contribution in [3.8, 4) is 0 Å². The fourth-order valence-corrected chi connectivity index (χ4v) is 2.79. The van der Waals surface area contributed by atoms with Gasteiger partial charge in [-0.25, -0.2) is 0 Å². The molecule has 1 aliphatic rings. The maximum Gasteiger partial charge on any atom is 0.0665 e. The molecule has 1 saturated carbocycles. The summed E-state index contributed by atoms with van der Waals surface area (Å²) in [7, 11) is 0. The molecule has 1 aliphatic carbocycles. The van der Waals surface area contributed by atoms with Crippen molar-refractivity contribution >= 4 is 17.3 Å². The fraction of sp³-hybridized carbons (Fsp3) is 0.647. The van der Waals surface area contributed by atoms with E-state index in [2.05, 4.69) is 45.1 Å². The Morgan fingerprint density at radius 1 is 1.40 bits per heavy atom. The standard InChI is InChI=1S/C17H26ClNO/c1-11(2)10-20-16-9-15(17(16,4)5)19-13-7-6-12(3)14(18)8-13/h6-8,11,15-16,19H,9-10H2,1-5H3. The molecule has 3 heteroatoms. The second kappa shape index (κ2) is 5.95. The van der Waals surface area contributed by atoms with Gasteiger partial charge in [-0.2, -0.15) is 0 Å². The monoisotopic (exact) mass is 295 g/mol. The number of hydrogen-bond acceptors (Lipinski definition) is 2. The Morgan fingerprint density at radius 2 is 2.10 bits per heavy atom. The van der Waals surface area contributed by atoms with Gasteiger partial charge in [-0.15, -0.1) is 0 Å². The lowest BCUT2D eigenvalue weighted by molar-refractivity contribution is -0.108. The predicted molar refractivity (Wildman–Crippen MR) is 86.6 cm³/mol. The predicted octanol–water partition coefficient (Wildman–Crippen LogP) is 4.90. The van der Waals surface area contributed by atoms with Crippen LogP contribution >= 0.6 is 11.6 Å². The molecule has 1 fully saturated rings. The Bertz CT molecular complexity index is 470. The quantitative estimate of drug-likeness (QED) is 0.834. The van der Waals surface area contributed by atoms with Crippen LogP contribution in [0.2, 0.25) is 5.02 Å². The molecule has 0 bridgehead atoms. The summed E-state index contributed by atoms with van der Waals surface area (Å²) in [5.74, 6) is 0.591. The summed E-state index contributed by atoms with van der Waals surface area (Å²) in [5.41, 5.74) is 2.37. The highest BCUT2D eigenvalue weighted by atomic mass is 35.5. The van der Waals surface area contributed by atoms with E-state index in [-0.39, 0.29) is 5.41 Å². The van der Waals surface area contributed by atoms with E-state index in [0.717, 1.165) is 29.3 Å². The second-order valence-corrected chi connectivity index (χ2v) is 7.34. The molecule has 20 heavy (non-hydrogen) atoms. The Labute approximate surface area is 127 Å². The average molecular weight is 296 g/mol. The van der Waals surface area contributed by atoms with E-state index in [1.165, 1.54) is 0 Å². The minimum absolute atomic E-state index is 0.159. The third-order valence-corrected chi connectivity index (χ3v) is 4.73. The van der Waals surface area contributed by atoms with Gasteiger partial charge in [-0.1, -0.05) is 45.4 Å². The van der Waals surface area contributed by atoms with Crippen molar-refractivity contribution in [2.75, 3.05) is 11.9 Å². The fourth-order valence-electron chi connectivity index (χ4n) is 2.61. The SMILES string of the molecule is Cc1ccc(NC2CC(OCC(C)C)C2(C)C)cc1Cl. The number of ether oxygens (including phenoxy) is 1. The molecule has 2 rings (SSSR count). The van der Waals surface area contributed by atoms with E-state index >= 15 is 0 Å². The van der Waals surface area contributed by atoms with Crippen LogP contribution in [0.3, 0.4) is 0 Å². The van der Waals surface area contributed by atoms with E-state index in [4.69, 9.17) is 16.3 Å². The van der Waals surface area contributed by atoms with Crippen LogP contribution in [0.25, 0.3) is 0 Å². The van der Waals surface area contributed by atoms with Gasteiger partial charge < -0.3 is 10.1 Å². The lowest BCUT2D eigenvalue weighted by atomic mass is 9.64. The number of hydrogen-bond donors (Lipinski definition) is 1. The molecule has 112 valence electrons. The lowest BCUT2D eigenvalue weighted by Gasteiger charge is -2.52.